The summed E-state index contributed by atoms with van der Waals surface area (Å²) in [4.78, 5) is 10.5. The molecule has 0 amide bonds. The molecule has 0 aliphatic carbocycles. The molecule has 0 aliphatic rings. The van der Waals surface area contributed by atoms with Crippen molar-refractivity contribution in [1.82, 2.24) is 0 Å². The summed E-state index contributed by atoms with van der Waals surface area (Å²) < 4.78 is 0.835. The zero-order valence-corrected chi connectivity index (χ0v) is 8.26. The minimum atomic E-state index is -0.113. The second-order valence-corrected chi connectivity index (χ2v) is 4.09. The summed E-state index contributed by atoms with van der Waals surface area (Å²) >= 11 is 0. The van der Waals surface area contributed by atoms with Crippen molar-refractivity contribution in [3.63, 3.8) is 0 Å². The van der Waals surface area contributed by atoms with Gasteiger partial charge in [0.05, 0.1) is 6.42 Å². The molecule has 0 fully saturated rings. The molecule has 0 N–H and O–H groups in total. The third-order valence-corrected chi connectivity index (χ3v) is 1.22. The van der Waals surface area contributed by atoms with Gasteiger partial charge in [-0.1, -0.05) is 20.8 Å². The highest BCUT2D eigenvalue weighted by molar-refractivity contribution is 5.75. The highest BCUT2D eigenvalue weighted by Crippen LogP contribution is 2.07. The van der Waals surface area contributed by atoms with Gasteiger partial charge in [-0.2, -0.15) is 0 Å². The molecule has 0 spiro atoms. The summed E-state index contributed by atoms with van der Waals surface area (Å²) in [5.41, 5.74) is -0.113. The van der Waals surface area contributed by atoms with E-state index in [1.807, 2.05) is 20.8 Å². The molecule has 0 aromatic rings. The van der Waals surface area contributed by atoms with Gasteiger partial charge in [0, 0.05) is 5.41 Å². The molecule has 3 heteroatoms. The van der Waals surface area contributed by atoms with Gasteiger partial charge in [-0.25, -0.2) is 4.74 Å². The maximum absolute atomic E-state index is 11.1. The molecule has 0 atom stereocenters. The van der Waals surface area contributed by atoms with Crippen molar-refractivity contribution in [1.29, 1.82) is 0 Å². The van der Waals surface area contributed by atoms with Crippen molar-refractivity contribution in [3.05, 3.63) is 5.21 Å². The lowest BCUT2D eigenvalue weighted by Gasteiger charge is -2.11. The molecule has 70 valence electrons. The van der Waals surface area contributed by atoms with E-state index in [-0.39, 0.29) is 17.7 Å². The van der Waals surface area contributed by atoms with Gasteiger partial charge in [0.1, 0.15) is 5.78 Å². The molecule has 0 unspecified atom stereocenters. The standard InChI is InChI=1S/C9H17NO2/c1-8(11)5-6-10(12)7-9(2,3)4/h7H,5-6H2,1-4H3/b10-7-. The van der Waals surface area contributed by atoms with Crippen LogP contribution in [0.3, 0.4) is 0 Å². The SMILES string of the molecule is CC(=O)CC/[N+]([O-])=C/C(C)(C)C. The first-order valence-corrected chi connectivity index (χ1v) is 4.10. The second kappa shape index (κ2) is 4.24. The van der Waals surface area contributed by atoms with E-state index in [0.29, 0.717) is 6.42 Å². The van der Waals surface area contributed by atoms with E-state index in [1.54, 1.807) is 6.21 Å². The fourth-order valence-electron chi connectivity index (χ4n) is 0.764. The van der Waals surface area contributed by atoms with Crippen LogP contribution < -0.4 is 0 Å². The number of hydrogen-bond donors (Lipinski definition) is 0. The van der Waals surface area contributed by atoms with Crippen molar-refractivity contribution in [2.75, 3.05) is 6.54 Å². The number of hydroxylamine groups is 1. The molecule has 0 aromatic carbocycles. The minimum Gasteiger partial charge on any atom is -0.624 e. The fourth-order valence-corrected chi connectivity index (χ4v) is 0.764. The topological polar surface area (TPSA) is 43.1 Å². The molecular weight excluding hydrogens is 154 g/mol. The van der Waals surface area contributed by atoms with Gasteiger partial charge >= 0.3 is 0 Å². The summed E-state index contributed by atoms with van der Waals surface area (Å²) in [5, 5.41) is 11.1. The maximum atomic E-state index is 11.1. The van der Waals surface area contributed by atoms with Crippen LogP contribution >= 0.6 is 0 Å². The molecular formula is C9H17NO2. The number of rotatable bonds is 3. The normalized spacial score (nSPS) is 13.2. The zero-order chi connectivity index (χ0) is 9.78. The number of hydrogen-bond acceptors (Lipinski definition) is 2. The quantitative estimate of drug-likeness (QED) is 0.280. The molecule has 0 aromatic heterocycles. The van der Waals surface area contributed by atoms with Gasteiger partial charge in [0.25, 0.3) is 0 Å². The van der Waals surface area contributed by atoms with Crippen LogP contribution in [0.4, 0.5) is 0 Å². The molecule has 0 saturated heterocycles. The Morgan fingerprint density at radius 1 is 1.50 bits per heavy atom. The number of carbonyl (C=O) groups excluding carboxylic acids is 1. The van der Waals surface area contributed by atoms with Crippen LogP contribution in [0.25, 0.3) is 0 Å². The molecule has 0 bridgehead atoms. The van der Waals surface area contributed by atoms with Crippen LogP contribution in [0.15, 0.2) is 0 Å². The molecule has 0 aliphatic heterocycles. The van der Waals surface area contributed by atoms with Gasteiger partial charge in [0.2, 0.25) is 0 Å². The molecule has 0 heterocycles. The van der Waals surface area contributed by atoms with E-state index in [0.717, 1.165) is 4.74 Å². The van der Waals surface area contributed by atoms with E-state index >= 15 is 0 Å². The number of carbonyl (C=O) groups is 1. The average Bonchev–Trinajstić information content (AvgIpc) is 1.79. The van der Waals surface area contributed by atoms with E-state index in [2.05, 4.69) is 0 Å². The Morgan fingerprint density at radius 2 is 2.00 bits per heavy atom. The van der Waals surface area contributed by atoms with E-state index in [1.165, 1.54) is 6.92 Å². The highest BCUT2D eigenvalue weighted by Gasteiger charge is 2.11. The van der Waals surface area contributed by atoms with Crippen LogP contribution in [0.5, 0.6) is 0 Å². The lowest BCUT2D eigenvalue weighted by Crippen LogP contribution is -2.18. The Bertz CT molecular complexity index is 189. The van der Waals surface area contributed by atoms with Gasteiger partial charge in [-0.05, 0) is 6.92 Å². The molecule has 0 rings (SSSR count). The first kappa shape index (κ1) is 11.1. The van der Waals surface area contributed by atoms with Crippen molar-refractivity contribution in [2.24, 2.45) is 5.41 Å². The Kier molecular flexibility index (Phi) is 3.93. The Morgan fingerprint density at radius 3 is 2.33 bits per heavy atom. The van der Waals surface area contributed by atoms with Crippen molar-refractivity contribution in [2.45, 2.75) is 34.1 Å². The molecule has 3 nitrogen and oxygen atoms in total. The first-order valence-electron chi connectivity index (χ1n) is 4.10. The lowest BCUT2D eigenvalue weighted by atomic mass is 9.99. The first-order chi connectivity index (χ1) is 5.31. The average molecular weight is 171 g/mol. The highest BCUT2D eigenvalue weighted by atomic mass is 16.5. The summed E-state index contributed by atoms with van der Waals surface area (Å²) in [6.45, 7) is 7.61. The van der Waals surface area contributed by atoms with Crippen molar-refractivity contribution >= 4 is 12.0 Å². The third-order valence-electron chi connectivity index (χ3n) is 1.22. The van der Waals surface area contributed by atoms with Gasteiger partial charge in [-0.15, -0.1) is 0 Å². The smallest absolute Gasteiger partial charge is 0.160 e. The van der Waals surface area contributed by atoms with Crippen LogP contribution in [0.1, 0.15) is 34.1 Å². The molecule has 12 heavy (non-hydrogen) atoms. The summed E-state index contributed by atoms with van der Waals surface area (Å²) in [6, 6.07) is 0. The van der Waals surface area contributed by atoms with Gasteiger partial charge < -0.3 is 5.21 Å². The summed E-state index contributed by atoms with van der Waals surface area (Å²) in [6.07, 6.45) is 1.92. The zero-order valence-electron chi connectivity index (χ0n) is 8.26. The van der Waals surface area contributed by atoms with Gasteiger partial charge in [-0.3, -0.25) is 4.79 Å². The van der Waals surface area contributed by atoms with Crippen LogP contribution in [0.2, 0.25) is 0 Å². The monoisotopic (exact) mass is 171 g/mol. The predicted octanol–water partition coefficient (Wildman–Crippen LogP) is 1.59. The lowest BCUT2D eigenvalue weighted by molar-refractivity contribution is -0.454. The molecule has 0 radical (unpaired) electrons. The minimum absolute atomic E-state index is 0.0539. The van der Waals surface area contributed by atoms with E-state index in [9.17, 15) is 10.0 Å². The number of Topliss-reactive ketones (excluding diaryl/α,β-unsaturated/α-hetero) is 1. The van der Waals surface area contributed by atoms with Crippen LogP contribution in [-0.2, 0) is 4.79 Å². The van der Waals surface area contributed by atoms with Crippen LogP contribution in [-0.4, -0.2) is 23.3 Å². The van der Waals surface area contributed by atoms with E-state index in [4.69, 9.17) is 0 Å². The Hall–Kier alpha value is -0.860. The van der Waals surface area contributed by atoms with Gasteiger partial charge in [0.15, 0.2) is 12.8 Å². The number of nitrogens with zero attached hydrogens (tertiary/aromatic N) is 1. The van der Waals surface area contributed by atoms with E-state index < -0.39 is 0 Å². The fraction of sp³-hybridized carbons (Fsp3) is 0.778. The van der Waals surface area contributed by atoms with Crippen molar-refractivity contribution < 1.29 is 9.53 Å². The maximum Gasteiger partial charge on any atom is 0.160 e. The third kappa shape index (κ3) is 7.25. The van der Waals surface area contributed by atoms with Crippen LogP contribution in [0, 0.1) is 10.6 Å². The van der Waals surface area contributed by atoms with Crippen molar-refractivity contribution in [3.8, 4) is 0 Å². The number of ketones is 1. The predicted molar refractivity (Wildman–Crippen MR) is 49.3 cm³/mol. The summed E-state index contributed by atoms with van der Waals surface area (Å²) in [5.74, 6) is 0.0539. The largest absolute Gasteiger partial charge is 0.624 e. The second-order valence-electron chi connectivity index (χ2n) is 4.09. The molecule has 0 saturated carbocycles. The Labute approximate surface area is 73.7 Å². The summed E-state index contributed by atoms with van der Waals surface area (Å²) in [7, 11) is 0. The Balaban J connectivity index is 3.95.